The predicted octanol–water partition coefficient (Wildman–Crippen LogP) is 3.33. The number of aryl methyl sites for hydroxylation is 1. The van der Waals surface area contributed by atoms with Crippen molar-refractivity contribution in [3.63, 3.8) is 0 Å². The van der Waals surface area contributed by atoms with Gasteiger partial charge in [0.2, 0.25) is 0 Å². The number of para-hydroxylation sites is 1. The zero-order valence-corrected chi connectivity index (χ0v) is 15.9. The van der Waals surface area contributed by atoms with Crippen LogP contribution >= 0.6 is 15.9 Å². The summed E-state index contributed by atoms with van der Waals surface area (Å²) < 4.78 is 2.68. The average molecular weight is 413 g/mol. The zero-order chi connectivity index (χ0) is 18.7. The SMILES string of the molecule is Cc1cc(C(=O)NNC(=O)c2cncc(Br)c2)c(C)n1-c1ccccc1. The molecule has 132 valence electrons. The molecule has 0 bridgehead atoms. The Kier molecular flexibility index (Phi) is 5.18. The molecule has 0 atom stereocenters. The van der Waals surface area contributed by atoms with E-state index in [1.54, 1.807) is 18.3 Å². The van der Waals surface area contributed by atoms with E-state index in [0.717, 1.165) is 17.1 Å². The van der Waals surface area contributed by atoms with Gasteiger partial charge in [0.05, 0.1) is 11.1 Å². The molecule has 2 amide bonds. The fourth-order valence-corrected chi connectivity index (χ4v) is 3.12. The summed E-state index contributed by atoms with van der Waals surface area (Å²) in [6.45, 7) is 3.80. The molecule has 0 spiro atoms. The first-order valence-corrected chi connectivity index (χ1v) is 8.72. The molecule has 2 N–H and O–H groups in total. The predicted molar refractivity (Wildman–Crippen MR) is 102 cm³/mol. The molecule has 0 aliphatic heterocycles. The van der Waals surface area contributed by atoms with Crippen LogP contribution in [0.1, 0.15) is 32.1 Å². The van der Waals surface area contributed by atoms with E-state index in [1.165, 1.54) is 6.20 Å². The highest BCUT2D eigenvalue weighted by Gasteiger charge is 2.17. The van der Waals surface area contributed by atoms with Crippen LogP contribution in [0.3, 0.4) is 0 Å². The summed E-state index contributed by atoms with van der Waals surface area (Å²) >= 11 is 3.26. The number of benzene rings is 1. The first kappa shape index (κ1) is 17.9. The van der Waals surface area contributed by atoms with Gasteiger partial charge in [0, 0.05) is 33.9 Å². The molecule has 2 aromatic heterocycles. The lowest BCUT2D eigenvalue weighted by atomic mass is 10.2. The Morgan fingerprint density at radius 3 is 2.38 bits per heavy atom. The van der Waals surface area contributed by atoms with E-state index in [9.17, 15) is 9.59 Å². The summed E-state index contributed by atoms with van der Waals surface area (Å²) in [5.74, 6) is -0.819. The number of nitrogens with zero attached hydrogens (tertiary/aromatic N) is 2. The highest BCUT2D eigenvalue weighted by molar-refractivity contribution is 9.10. The molecule has 0 saturated carbocycles. The third kappa shape index (κ3) is 3.67. The van der Waals surface area contributed by atoms with Gasteiger partial charge in [-0.05, 0) is 54.0 Å². The van der Waals surface area contributed by atoms with E-state index in [1.807, 2.05) is 48.7 Å². The van der Waals surface area contributed by atoms with Gasteiger partial charge in [-0.1, -0.05) is 18.2 Å². The number of halogens is 1. The van der Waals surface area contributed by atoms with Gasteiger partial charge in [-0.2, -0.15) is 0 Å². The number of nitrogens with one attached hydrogen (secondary N) is 2. The van der Waals surface area contributed by atoms with Crippen molar-refractivity contribution in [1.82, 2.24) is 20.4 Å². The molecule has 7 heteroatoms. The van der Waals surface area contributed by atoms with Gasteiger partial charge in [0.15, 0.2) is 0 Å². The normalized spacial score (nSPS) is 10.4. The number of carbonyl (C=O) groups is 2. The van der Waals surface area contributed by atoms with Crippen LogP contribution in [-0.2, 0) is 0 Å². The van der Waals surface area contributed by atoms with Gasteiger partial charge in [-0.25, -0.2) is 0 Å². The molecule has 2 heterocycles. The standard InChI is InChI=1S/C19H17BrN4O2/c1-12-8-17(13(2)24(12)16-6-4-3-5-7-16)19(26)23-22-18(25)14-9-15(20)11-21-10-14/h3-11H,1-2H3,(H,22,25)(H,23,26). The Hall–Kier alpha value is -2.93. The van der Waals surface area contributed by atoms with E-state index in [2.05, 4.69) is 31.8 Å². The molecule has 3 aromatic rings. The van der Waals surface area contributed by atoms with E-state index in [0.29, 0.717) is 15.6 Å². The minimum absolute atomic E-state index is 0.342. The van der Waals surface area contributed by atoms with Crippen molar-refractivity contribution in [2.75, 3.05) is 0 Å². The second-order valence-electron chi connectivity index (χ2n) is 5.76. The largest absolute Gasteiger partial charge is 0.318 e. The van der Waals surface area contributed by atoms with Crippen molar-refractivity contribution in [3.8, 4) is 5.69 Å². The smallest absolute Gasteiger partial charge is 0.271 e. The maximum Gasteiger partial charge on any atom is 0.271 e. The number of hydrazine groups is 1. The summed E-state index contributed by atoms with van der Waals surface area (Å²) in [6, 6.07) is 13.2. The molecule has 0 aliphatic rings. The lowest BCUT2D eigenvalue weighted by molar-refractivity contribution is 0.0846. The number of rotatable bonds is 3. The third-order valence-corrected chi connectivity index (χ3v) is 4.38. The molecular weight excluding hydrogens is 396 g/mol. The number of pyridine rings is 1. The van der Waals surface area contributed by atoms with Crippen LogP contribution in [0.5, 0.6) is 0 Å². The van der Waals surface area contributed by atoms with Crippen LogP contribution < -0.4 is 10.9 Å². The van der Waals surface area contributed by atoms with Gasteiger partial charge in [-0.3, -0.25) is 25.4 Å². The van der Waals surface area contributed by atoms with E-state index < -0.39 is 5.91 Å². The highest BCUT2D eigenvalue weighted by Crippen LogP contribution is 2.20. The lowest BCUT2D eigenvalue weighted by Crippen LogP contribution is -2.41. The first-order valence-electron chi connectivity index (χ1n) is 7.93. The highest BCUT2D eigenvalue weighted by atomic mass is 79.9. The molecule has 1 aromatic carbocycles. The third-order valence-electron chi connectivity index (χ3n) is 3.95. The number of hydrogen-bond donors (Lipinski definition) is 2. The maximum atomic E-state index is 12.5. The maximum absolute atomic E-state index is 12.5. The molecule has 6 nitrogen and oxygen atoms in total. The van der Waals surface area contributed by atoms with Crippen LogP contribution in [0.15, 0.2) is 59.3 Å². The quantitative estimate of drug-likeness (QED) is 0.647. The molecule has 0 unspecified atom stereocenters. The molecule has 0 aliphatic carbocycles. The van der Waals surface area contributed by atoms with E-state index in [4.69, 9.17) is 0 Å². The number of hydrogen-bond acceptors (Lipinski definition) is 3. The van der Waals surface area contributed by atoms with Crippen LogP contribution in [-0.4, -0.2) is 21.4 Å². The summed E-state index contributed by atoms with van der Waals surface area (Å²) in [7, 11) is 0. The molecule has 26 heavy (non-hydrogen) atoms. The number of carbonyl (C=O) groups excluding carboxylic acids is 2. The topological polar surface area (TPSA) is 76.0 Å². The average Bonchev–Trinajstić information content (AvgIpc) is 2.94. The van der Waals surface area contributed by atoms with Gasteiger partial charge < -0.3 is 4.57 Å². The van der Waals surface area contributed by atoms with Crippen molar-refractivity contribution in [2.24, 2.45) is 0 Å². The van der Waals surface area contributed by atoms with E-state index >= 15 is 0 Å². The number of aromatic nitrogens is 2. The Labute approximate surface area is 159 Å². The van der Waals surface area contributed by atoms with Crippen molar-refractivity contribution in [2.45, 2.75) is 13.8 Å². The zero-order valence-electron chi connectivity index (χ0n) is 14.3. The second kappa shape index (κ2) is 7.53. The summed E-state index contributed by atoms with van der Waals surface area (Å²) in [4.78, 5) is 28.5. The van der Waals surface area contributed by atoms with Crippen molar-refractivity contribution < 1.29 is 9.59 Å². The second-order valence-corrected chi connectivity index (χ2v) is 6.67. The van der Waals surface area contributed by atoms with Gasteiger partial charge in [-0.15, -0.1) is 0 Å². The summed E-state index contributed by atoms with van der Waals surface area (Å²) in [5.41, 5.74) is 8.41. The fourth-order valence-electron chi connectivity index (χ4n) is 2.76. The monoisotopic (exact) mass is 412 g/mol. The Morgan fingerprint density at radius 2 is 1.69 bits per heavy atom. The Balaban J connectivity index is 1.76. The van der Waals surface area contributed by atoms with Gasteiger partial charge in [0.1, 0.15) is 0 Å². The van der Waals surface area contributed by atoms with Gasteiger partial charge >= 0.3 is 0 Å². The van der Waals surface area contributed by atoms with E-state index in [-0.39, 0.29) is 5.91 Å². The molecule has 3 rings (SSSR count). The first-order chi connectivity index (χ1) is 12.5. The molecule has 0 radical (unpaired) electrons. The minimum atomic E-state index is -0.441. The van der Waals surface area contributed by atoms with Crippen LogP contribution in [0.2, 0.25) is 0 Å². The number of amides is 2. The molecule has 0 saturated heterocycles. The van der Waals surface area contributed by atoms with Crippen molar-refractivity contribution in [3.05, 3.63) is 81.8 Å². The fraction of sp³-hybridized carbons (Fsp3) is 0.105. The minimum Gasteiger partial charge on any atom is -0.318 e. The van der Waals surface area contributed by atoms with Crippen LogP contribution in [0.25, 0.3) is 5.69 Å². The Bertz CT molecular complexity index is 967. The van der Waals surface area contributed by atoms with Gasteiger partial charge in [0.25, 0.3) is 11.8 Å². The lowest BCUT2D eigenvalue weighted by Gasteiger charge is -2.10. The molecule has 0 fully saturated rings. The van der Waals surface area contributed by atoms with Crippen LogP contribution in [0.4, 0.5) is 0 Å². The molecular formula is C19H17BrN4O2. The Morgan fingerprint density at radius 1 is 1.00 bits per heavy atom. The summed E-state index contributed by atoms with van der Waals surface area (Å²) in [5, 5.41) is 0. The van der Waals surface area contributed by atoms with Crippen molar-refractivity contribution >= 4 is 27.7 Å². The van der Waals surface area contributed by atoms with Crippen LogP contribution in [0, 0.1) is 13.8 Å². The summed E-state index contributed by atoms with van der Waals surface area (Å²) in [6.07, 6.45) is 3.00. The van der Waals surface area contributed by atoms with Crippen molar-refractivity contribution in [1.29, 1.82) is 0 Å².